The van der Waals surface area contributed by atoms with Crippen LogP contribution in [0.1, 0.15) is 4.88 Å². The number of hydrogen-bond donors (Lipinski definition) is 2. The zero-order chi connectivity index (χ0) is 13.0. The van der Waals surface area contributed by atoms with Gasteiger partial charge < -0.3 is 15.5 Å². The van der Waals surface area contributed by atoms with Crippen molar-refractivity contribution in [2.24, 2.45) is 0 Å². The second-order valence-corrected chi connectivity index (χ2v) is 4.89. The van der Waals surface area contributed by atoms with Gasteiger partial charge in [-0.25, -0.2) is 0 Å². The first-order valence-electron chi connectivity index (χ1n) is 5.56. The van der Waals surface area contributed by atoms with Gasteiger partial charge in [0.25, 0.3) is 0 Å². The van der Waals surface area contributed by atoms with E-state index in [0.29, 0.717) is 17.8 Å². The fourth-order valence-corrected chi connectivity index (χ4v) is 1.98. The Morgan fingerprint density at radius 3 is 2.61 bits per heavy atom. The Kier molecular flexibility index (Phi) is 3.93. The number of hydrogen-bond acceptors (Lipinski definition) is 7. The number of anilines is 3. The van der Waals surface area contributed by atoms with E-state index in [0.717, 1.165) is 6.54 Å². The van der Waals surface area contributed by atoms with Gasteiger partial charge >= 0.3 is 0 Å². The highest BCUT2D eigenvalue weighted by molar-refractivity contribution is 7.09. The van der Waals surface area contributed by atoms with Crippen molar-refractivity contribution >= 4 is 29.2 Å². The predicted molar refractivity (Wildman–Crippen MR) is 75.3 cm³/mol. The van der Waals surface area contributed by atoms with Crippen LogP contribution in [0.25, 0.3) is 0 Å². The SMILES string of the molecule is CNc1nc(NCc2cccs2)nc(N(C)C)n1. The van der Waals surface area contributed by atoms with Gasteiger partial charge in [-0.05, 0) is 11.4 Å². The molecule has 7 heteroatoms. The summed E-state index contributed by atoms with van der Waals surface area (Å²) >= 11 is 1.70. The van der Waals surface area contributed by atoms with E-state index >= 15 is 0 Å². The largest absolute Gasteiger partial charge is 0.357 e. The molecule has 18 heavy (non-hydrogen) atoms. The van der Waals surface area contributed by atoms with Gasteiger partial charge in [0.2, 0.25) is 17.8 Å². The van der Waals surface area contributed by atoms with Crippen LogP contribution in [0.2, 0.25) is 0 Å². The molecule has 0 saturated carbocycles. The Balaban J connectivity index is 2.13. The minimum absolute atomic E-state index is 0.558. The summed E-state index contributed by atoms with van der Waals surface area (Å²) in [6.07, 6.45) is 0. The molecule has 2 aromatic heterocycles. The Morgan fingerprint density at radius 2 is 2.00 bits per heavy atom. The normalized spacial score (nSPS) is 10.2. The number of thiophene rings is 1. The fraction of sp³-hybridized carbons (Fsp3) is 0.364. The van der Waals surface area contributed by atoms with E-state index in [1.807, 2.05) is 25.1 Å². The van der Waals surface area contributed by atoms with E-state index in [-0.39, 0.29) is 0 Å². The molecule has 0 atom stereocenters. The van der Waals surface area contributed by atoms with Crippen LogP contribution in [0.4, 0.5) is 17.8 Å². The average molecular weight is 264 g/mol. The van der Waals surface area contributed by atoms with Crippen molar-refractivity contribution in [2.75, 3.05) is 36.7 Å². The van der Waals surface area contributed by atoms with Crippen LogP contribution in [0.3, 0.4) is 0 Å². The van der Waals surface area contributed by atoms with Crippen molar-refractivity contribution < 1.29 is 0 Å². The van der Waals surface area contributed by atoms with Crippen LogP contribution < -0.4 is 15.5 Å². The molecule has 0 unspecified atom stereocenters. The van der Waals surface area contributed by atoms with Gasteiger partial charge in [-0.3, -0.25) is 0 Å². The Bertz CT molecular complexity index is 496. The van der Waals surface area contributed by atoms with Crippen molar-refractivity contribution in [1.29, 1.82) is 0 Å². The summed E-state index contributed by atoms with van der Waals surface area (Å²) in [5.74, 6) is 1.76. The summed E-state index contributed by atoms with van der Waals surface area (Å²) < 4.78 is 0. The molecule has 0 bridgehead atoms. The molecule has 2 N–H and O–H groups in total. The summed E-state index contributed by atoms with van der Waals surface area (Å²) in [5.41, 5.74) is 0. The van der Waals surface area contributed by atoms with Crippen molar-refractivity contribution in [3.63, 3.8) is 0 Å². The van der Waals surface area contributed by atoms with E-state index in [4.69, 9.17) is 0 Å². The van der Waals surface area contributed by atoms with E-state index in [1.165, 1.54) is 4.88 Å². The van der Waals surface area contributed by atoms with Crippen LogP contribution in [0, 0.1) is 0 Å². The summed E-state index contributed by atoms with van der Waals surface area (Å²) in [5, 5.41) is 8.18. The number of rotatable bonds is 5. The summed E-state index contributed by atoms with van der Waals surface area (Å²) in [6, 6.07) is 4.10. The maximum atomic E-state index is 4.34. The fourth-order valence-electron chi connectivity index (χ4n) is 1.33. The summed E-state index contributed by atoms with van der Waals surface area (Å²) in [7, 11) is 5.59. The molecule has 2 aromatic rings. The van der Waals surface area contributed by atoms with Crippen molar-refractivity contribution in [3.8, 4) is 0 Å². The van der Waals surface area contributed by atoms with E-state index in [1.54, 1.807) is 18.4 Å². The maximum absolute atomic E-state index is 4.34. The molecule has 0 spiro atoms. The van der Waals surface area contributed by atoms with Crippen LogP contribution >= 0.6 is 11.3 Å². The minimum atomic E-state index is 0.558. The molecule has 0 radical (unpaired) electrons. The number of aromatic nitrogens is 3. The van der Waals surface area contributed by atoms with Gasteiger partial charge in [0.05, 0.1) is 6.54 Å². The third-order valence-corrected chi connectivity index (χ3v) is 3.12. The Morgan fingerprint density at radius 1 is 1.22 bits per heavy atom. The van der Waals surface area contributed by atoms with Crippen molar-refractivity contribution in [2.45, 2.75) is 6.54 Å². The van der Waals surface area contributed by atoms with Crippen LogP contribution in [-0.4, -0.2) is 36.1 Å². The molecule has 0 aliphatic carbocycles. The van der Waals surface area contributed by atoms with Crippen LogP contribution in [0.5, 0.6) is 0 Å². The van der Waals surface area contributed by atoms with Crippen LogP contribution in [0.15, 0.2) is 17.5 Å². The van der Waals surface area contributed by atoms with Gasteiger partial charge in [0, 0.05) is 26.0 Å². The van der Waals surface area contributed by atoms with Gasteiger partial charge in [0.15, 0.2) is 0 Å². The molecule has 2 heterocycles. The lowest BCUT2D eigenvalue weighted by Crippen LogP contribution is -2.16. The average Bonchev–Trinajstić information content (AvgIpc) is 2.89. The first-order valence-corrected chi connectivity index (χ1v) is 6.44. The second kappa shape index (κ2) is 5.63. The maximum Gasteiger partial charge on any atom is 0.231 e. The van der Waals surface area contributed by atoms with Gasteiger partial charge in [-0.15, -0.1) is 11.3 Å². The molecule has 0 amide bonds. The molecule has 96 valence electrons. The highest BCUT2D eigenvalue weighted by Crippen LogP contribution is 2.13. The first-order chi connectivity index (χ1) is 8.69. The zero-order valence-electron chi connectivity index (χ0n) is 10.6. The molecule has 0 saturated heterocycles. The van der Waals surface area contributed by atoms with Crippen LogP contribution in [-0.2, 0) is 6.54 Å². The monoisotopic (exact) mass is 264 g/mol. The van der Waals surface area contributed by atoms with Crippen molar-refractivity contribution in [1.82, 2.24) is 15.0 Å². The zero-order valence-corrected chi connectivity index (χ0v) is 11.5. The molecular weight excluding hydrogens is 248 g/mol. The Hall–Kier alpha value is -1.89. The second-order valence-electron chi connectivity index (χ2n) is 3.86. The minimum Gasteiger partial charge on any atom is -0.357 e. The molecule has 0 aliphatic heterocycles. The van der Waals surface area contributed by atoms with E-state index in [2.05, 4.69) is 37.0 Å². The highest BCUT2D eigenvalue weighted by Gasteiger charge is 2.06. The third kappa shape index (κ3) is 3.07. The van der Waals surface area contributed by atoms with Crippen molar-refractivity contribution in [3.05, 3.63) is 22.4 Å². The quantitative estimate of drug-likeness (QED) is 0.856. The lowest BCUT2D eigenvalue weighted by atomic mass is 10.5. The molecular formula is C11H16N6S. The molecule has 0 fully saturated rings. The molecule has 0 aliphatic rings. The Labute approximate surface area is 110 Å². The predicted octanol–water partition coefficient (Wildman–Crippen LogP) is 1.65. The third-order valence-electron chi connectivity index (χ3n) is 2.25. The van der Waals surface area contributed by atoms with Gasteiger partial charge in [0.1, 0.15) is 0 Å². The van der Waals surface area contributed by atoms with Gasteiger partial charge in [-0.2, -0.15) is 15.0 Å². The highest BCUT2D eigenvalue weighted by atomic mass is 32.1. The molecule has 0 aromatic carbocycles. The molecule has 6 nitrogen and oxygen atoms in total. The summed E-state index contributed by atoms with van der Waals surface area (Å²) in [6.45, 7) is 0.720. The summed E-state index contributed by atoms with van der Waals surface area (Å²) in [4.78, 5) is 15.9. The smallest absolute Gasteiger partial charge is 0.231 e. The lowest BCUT2D eigenvalue weighted by molar-refractivity contribution is 0.947. The van der Waals surface area contributed by atoms with E-state index < -0.39 is 0 Å². The lowest BCUT2D eigenvalue weighted by Gasteiger charge is -2.12. The number of nitrogens with one attached hydrogen (secondary N) is 2. The van der Waals surface area contributed by atoms with E-state index in [9.17, 15) is 0 Å². The van der Waals surface area contributed by atoms with Gasteiger partial charge in [-0.1, -0.05) is 6.07 Å². The topological polar surface area (TPSA) is 66.0 Å². The number of nitrogens with zero attached hydrogens (tertiary/aromatic N) is 4. The molecule has 2 rings (SSSR count). The standard InChI is InChI=1S/C11H16N6S/c1-12-9-14-10(16-11(15-9)17(2)3)13-7-8-5-4-6-18-8/h4-6H,7H2,1-3H3,(H2,12,13,14,15,16). The first kappa shape index (κ1) is 12.6.